The lowest BCUT2D eigenvalue weighted by molar-refractivity contribution is -0.138. The number of carbonyl (C=O) groups is 1. The van der Waals surface area contributed by atoms with Crippen LogP contribution < -0.4 is 0 Å². The Kier molecular flexibility index (Phi) is 5.48. The average molecular weight is 253 g/mol. The Morgan fingerprint density at radius 2 is 1.33 bits per heavy atom. The Balaban J connectivity index is 2.02. The molecule has 0 aromatic rings. The van der Waals surface area contributed by atoms with E-state index in [0.717, 1.165) is 0 Å². The Morgan fingerprint density at radius 1 is 0.889 bits per heavy atom. The zero-order valence-corrected chi connectivity index (χ0v) is 11.4. The Morgan fingerprint density at radius 3 is 1.72 bits per heavy atom. The summed E-state index contributed by atoms with van der Waals surface area (Å²) in [5, 5.41) is 9.03. The number of rotatable bonds is 4. The normalized spacial score (nSPS) is 22.9. The summed E-state index contributed by atoms with van der Waals surface area (Å²) in [6, 6.07) is 0.918. The van der Waals surface area contributed by atoms with Crippen LogP contribution >= 0.6 is 0 Å². The number of aliphatic hydroxyl groups excluding tert-OH is 1. The molecule has 0 aromatic carbocycles. The first kappa shape index (κ1) is 13.9. The van der Waals surface area contributed by atoms with Crippen LogP contribution in [0.1, 0.15) is 70.6 Å². The maximum absolute atomic E-state index is 12.3. The lowest BCUT2D eigenvalue weighted by Crippen LogP contribution is -2.49. The van der Waals surface area contributed by atoms with Crippen molar-refractivity contribution >= 4 is 5.91 Å². The van der Waals surface area contributed by atoms with Crippen molar-refractivity contribution in [1.82, 2.24) is 4.90 Å². The third-order valence-electron chi connectivity index (χ3n) is 4.55. The smallest absolute Gasteiger partial charge is 0.225 e. The number of hydrogen-bond donors (Lipinski definition) is 1. The van der Waals surface area contributed by atoms with Crippen molar-refractivity contribution in [2.75, 3.05) is 6.61 Å². The van der Waals surface area contributed by atoms with Crippen LogP contribution in [0.5, 0.6) is 0 Å². The van der Waals surface area contributed by atoms with Gasteiger partial charge in [-0.05, 0) is 25.7 Å². The zero-order valence-electron chi connectivity index (χ0n) is 11.4. The topological polar surface area (TPSA) is 40.5 Å². The maximum atomic E-state index is 12.3. The third kappa shape index (κ3) is 3.47. The van der Waals surface area contributed by atoms with Gasteiger partial charge in [-0.3, -0.25) is 4.79 Å². The molecule has 1 N–H and O–H groups in total. The third-order valence-corrected chi connectivity index (χ3v) is 4.55. The Labute approximate surface area is 111 Å². The molecule has 0 radical (unpaired) electrons. The van der Waals surface area contributed by atoms with Gasteiger partial charge in [0.2, 0.25) is 5.91 Å². The largest absolute Gasteiger partial charge is 0.396 e. The van der Waals surface area contributed by atoms with Gasteiger partial charge in [0.15, 0.2) is 0 Å². The van der Waals surface area contributed by atoms with Gasteiger partial charge in [0.25, 0.3) is 0 Å². The number of amides is 1. The molecule has 18 heavy (non-hydrogen) atoms. The molecule has 3 heteroatoms. The first-order valence-corrected chi connectivity index (χ1v) is 7.75. The quantitative estimate of drug-likeness (QED) is 0.837. The fourth-order valence-corrected chi connectivity index (χ4v) is 3.65. The number of carbonyl (C=O) groups excluding carboxylic acids is 1. The summed E-state index contributed by atoms with van der Waals surface area (Å²) in [4.78, 5) is 14.5. The van der Waals surface area contributed by atoms with Gasteiger partial charge in [-0.25, -0.2) is 0 Å². The van der Waals surface area contributed by atoms with Gasteiger partial charge in [0, 0.05) is 18.5 Å². The van der Waals surface area contributed by atoms with Crippen LogP contribution in [0.15, 0.2) is 0 Å². The summed E-state index contributed by atoms with van der Waals surface area (Å²) in [6.45, 7) is -0.00519. The zero-order chi connectivity index (χ0) is 12.8. The summed E-state index contributed by atoms with van der Waals surface area (Å²) in [7, 11) is 0. The van der Waals surface area contributed by atoms with E-state index in [1.807, 2.05) is 0 Å². The Hall–Kier alpha value is -0.570. The molecule has 2 saturated carbocycles. The maximum Gasteiger partial charge on any atom is 0.225 e. The molecule has 0 spiro atoms. The lowest BCUT2D eigenvalue weighted by atomic mass is 9.88. The van der Waals surface area contributed by atoms with Crippen molar-refractivity contribution in [2.24, 2.45) is 0 Å². The van der Waals surface area contributed by atoms with E-state index in [-0.39, 0.29) is 12.5 Å². The fourth-order valence-electron chi connectivity index (χ4n) is 3.65. The number of hydrogen-bond acceptors (Lipinski definition) is 2. The molecule has 0 saturated heterocycles. The van der Waals surface area contributed by atoms with Gasteiger partial charge in [0.1, 0.15) is 0 Å². The van der Waals surface area contributed by atoms with Crippen molar-refractivity contribution in [1.29, 1.82) is 0 Å². The minimum absolute atomic E-state index is 0.00519. The van der Waals surface area contributed by atoms with Crippen molar-refractivity contribution in [2.45, 2.75) is 82.7 Å². The molecule has 0 bridgehead atoms. The standard InChI is InChI=1S/C15H27NO2/c17-12-11-15(18)16(13-7-3-1-4-8-13)14-9-5-2-6-10-14/h13-14,17H,1-12H2. The van der Waals surface area contributed by atoms with E-state index in [9.17, 15) is 4.79 Å². The molecule has 1 amide bonds. The van der Waals surface area contributed by atoms with E-state index in [4.69, 9.17) is 5.11 Å². The average Bonchev–Trinajstić information content (AvgIpc) is 2.42. The predicted molar refractivity (Wildman–Crippen MR) is 72.3 cm³/mol. The van der Waals surface area contributed by atoms with E-state index in [1.54, 1.807) is 0 Å². The van der Waals surface area contributed by atoms with Crippen LogP contribution in [0.4, 0.5) is 0 Å². The molecule has 0 unspecified atom stereocenters. The van der Waals surface area contributed by atoms with Crippen LogP contribution in [-0.2, 0) is 4.79 Å². The van der Waals surface area contributed by atoms with Gasteiger partial charge in [0.05, 0.1) is 6.61 Å². The molecule has 2 aliphatic carbocycles. The molecule has 0 atom stereocenters. The van der Waals surface area contributed by atoms with Gasteiger partial charge in [-0.1, -0.05) is 38.5 Å². The van der Waals surface area contributed by atoms with E-state index < -0.39 is 0 Å². The van der Waals surface area contributed by atoms with E-state index in [1.165, 1.54) is 64.2 Å². The highest BCUT2D eigenvalue weighted by molar-refractivity contribution is 5.77. The van der Waals surface area contributed by atoms with Crippen molar-refractivity contribution in [3.05, 3.63) is 0 Å². The molecule has 2 rings (SSSR count). The first-order valence-electron chi connectivity index (χ1n) is 7.75. The van der Waals surface area contributed by atoms with Crippen LogP contribution in [0, 0.1) is 0 Å². The van der Waals surface area contributed by atoms with Crippen LogP contribution in [0.3, 0.4) is 0 Å². The monoisotopic (exact) mass is 253 g/mol. The minimum atomic E-state index is -0.00519. The summed E-state index contributed by atoms with van der Waals surface area (Å²) >= 11 is 0. The Bertz CT molecular complexity index is 237. The van der Waals surface area contributed by atoms with Crippen LogP contribution in [0.25, 0.3) is 0 Å². The van der Waals surface area contributed by atoms with Gasteiger partial charge < -0.3 is 10.0 Å². The van der Waals surface area contributed by atoms with E-state index >= 15 is 0 Å². The molecule has 0 aromatic heterocycles. The van der Waals surface area contributed by atoms with E-state index in [0.29, 0.717) is 18.5 Å². The fraction of sp³-hybridized carbons (Fsp3) is 0.933. The minimum Gasteiger partial charge on any atom is -0.396 e. The highest BCUT2D eigenvalue weighted by Gasteiger charge is 2.31. The SMILES string of the molecule is O=C(CCO)N(C1CCCCC1)C1CCCCC1. The molecule has 3 nitrogen and oxygen atoms in total. The summed E-state index contributed by atoms with van der Waals surface area (Å²) in [5.41, 5.74) is 0. The number of aliphatic hydroxyl groups is 1. The first-order chi connectivity index (χ1) is 8.83. The number of nitrogens with zero attached hydrogens (tertiary/aromatic N) is 1. The molecular formula is C15H27NO2. The van der Waals surface area contributed by atoms with Gasteiger partial charge in [-0.15, -0.1) is 0 Å². The second-order valence-corrected chi connectivity index (χ2v) is 5.86. The van der Waals surface area contributed by atoms with Gasteiger partial charge >= 0.3 is 0 Å². The van der Waals surface area contributed by atoms with Crippen molar-refractivity contribution in [3.63, 3.8) is 0 Å². The molecule has 0 aliphatic heterocycles. The molecular weight excluding hydrogens is 226 g/mol. The second kappa shape index (κ2) is 7.13. The van der Waals surface area contributed by atoms with Gasteiger partial charge in [-0.2, -0.15) is 0 Å². The second-order valence-electron chi connectivity index (χ2n) is 5.86. The summed E-state index contributed by atoms with van der Waals surface area (Å²) in [6.07, 6.45) is 12.7. The van der Waals surface area contributed by atoms with Crippen molar-refractivity contribution < 1.29 is 9.90 Å². The highest BCUT2D eigenvalue weighted by Crippen LogP contribution is 2.30. The van der Waals surface area contributed by atoms with Crippen LogP contribution in [-0.4, -0.2) is 34.6 Å². The lowest BCUT2D eigenvalue weighted by Gasteiger charge is -2.41. The van der Waals surface area contributed by atoms with Crippen LogP contribution in [0.2, 0.25) is 0 Å². The predicted octanol–water partition coefficient (Wildman–Crippen LogP) is 2.86. The molecule has 0 heterocycles. The van der Waals surface area contributed by atoms with Crippen molar-refractivity contribution in [3.8, 4) is 0 Å². The highest BCUT2D eigenvalue weighted by atomic mass is 16.3. The summed E-state index contributed by atoms with van der Waals surface area (Å²) in [5.74, 6) is 0.191. The molecule has 2 fully saturated rings. The van der Waals surface area contributed by atoms with E-state index in [2.05, 4.69) is 4.90 Å². The summed E-state index contributed by atoms with van der Waals surface area (Å²) < 4.78 is 0. The molecule has 104 valence electrons. The molecule has 2 aliphatic rings.